The van der Waals surface area contributed by atoms with Crippen LogP contribution < -0.4 is 10.6 Å². The van der Waals surface area contributed by atoms with Gasteiger partial charge in [-0.15, -0.1) is 0 Å². The zero-order chi connectivity index (χ0) is 7.28. The standard InChI is InChI=1S/C6H12N2O/c1-4-5(2)8-6(9)7-3/h4H,1-3H3,(H2,7,8,9)/b5-4+. The van der Waals surface area contributed by atoms with Gasteiger partial charge in [-0.3, -0.25) is 0 Å². The van der Waals surface area contributed by atoms with E-state index in [1.54, 1.807) is 7.05 Å². The van der Waals surface area contributed by atoms with Gasteiger partial charge in [-0.25, -0.2) is 4.79 Å². The third-order valence-corrected chi connectivity index (χ3v) is 0.971. The molecule has 0 aromatic rings. The molecule has 3 nitrogen and oxygen atoms in total. The lowest BCUT2D eigenvalue weighted by Gasteiger charge is -2.01. The Bertz CT molecular complexity index is 129. The predicted molar refractivity (Wildman–Crippen MR) is 37.0 cm³/mol. The summed E-state index contributed by atoms with van der Waals surface area (Å²) in [7, 11) is 1.58. The summed E-state index contributed by atoms with van der Waals surface area (Å²) in [6.45, 7) is 3.69. The first-order chi connectivity index (χ1) is 4.20. The highest BCUT2D eigenvalue weighted by atomic mass is 16.2. The molecule has 0 saturated carbocycles. The zero-order valence-electron chi connectivity index (χ0n) is 5.99. The third kappa shape index (κ3) is 3.58. The fraction of sp³-hybridized carbons (Fsp3) is 0.500. The molecule has 0 aromatic heterocycles. The molecule has 52 valence electrons. The number of urea groups is 1. The number of allylic oxidation sites excluding steroid dienone is 2. The molecule has 0 aromatic carbocycles. The molecule has 0 spiro atoms. The van der Waals surface area contributed by atoms with E-state index in [1.165, 1.54) is 0 Å². The second kappa shape index (κ2) is 3.95. The summed E-state index contributed by atoms with van der Waals surface area (Å²) in [4.78, 5) is 10.5. The van der Waals surface area contributed by atoms with E-state index in [4.69, 9.17) is 0 Å². The molecule has 0 aliphatic carbocycles. The average Bonchev–Trinajstić information content (AvgIpc) is 1.87. The maximum atomic E-state index is 10.5. The highest BCUT2D eigenvalue weighted by Gasteiger charge is 1.92. The lowest BCUT2D eigenvalue weighted by Crippen LogP contribution is -2.31. The van der Waals surface area contributed by atoms with Gasteiger partial charge in [0.05, 0.1) is 0 Å². The number of carbonyl (C=O) groups is 1. The number of nitrogens with one attached hydrogen (secondary N) is 2. The fourth-order valence-electron chi connectivity index (χ4n) is 0.314. The molecule has 2 N–H and O–H groups in total. The molecular weight excluding hydrogens is 116 g/mol. The smallest absolute Gasteiger partial charge is 0.318 e. The first kappa shape index (κ1) is 8.01. The van der Waals surface area contributed by atoms with E-state index in [0.717, 1.165) is 5.70 Å². The van der Waals surface area contributed by atoms with E-state index < -0.39 is 0 Å². The molecule has 0 atom stereocenters. The Kier molecular flexibility index (Phi) is 3.51. The molecule has 9 heavy (non-hydrogen) atoms. The van der Waals surface area contributed by atoms with E-state index in [0.29, 0.717) is 0 Å². The van der Waals surface area contributed by atoms with Crippen molar-refractivity contribution in [3.63, 3.8) is 0 Å². The monoisotopic (exact) mass is 128 g/mol. The SMILES string of the molecule is C/C=C(\C)NC(=O)NC. The molecule has 0 bridgehead atoms. The summed E-state index contributed by atoms with van der Waals surface area (Å²) in [5.41, 5.74) is 0.856. The average molecular weight is 128 g/mol. The third-order valence-electron chi connectivity index (χ3n) is 0.971. The summed E-state index contributed by atoms with van der Waals surface area (Å²) < 4.78 is 0. The number of hydrogen-bond donors (Lipinski definition) is 2. The van der Waals surface area contributed by atoms with Gasteiger partial charge in [-0.05, 0) is 13.8 Å². The summed E-state index contributed by atoms with van der Waals surface area (Å²) >= 11 is 0. The van der Waals surface area contributed by atoms with Crippen molar-refractivity contribution in [3.8, 4) is 0 Å². The largest absolute Gasteiger partial charge is 0.341 e. The molecule has 0 unspecified atom stereocenters. The van der Waals surface area contributed by atoms with E-state index in [9.17, 15) is 4.79 Å². The van der Waals surface area contributed by atoms with Gasteiger partial charge < -0.3 is 10.6 Å². The van der Waals surface area contributed by atoms with Crippen molar-refractivity contribution in [1.82, 2.24) is 10.6 Å². The van der Waals surface area contributed by atoms with Crippen LogP contribution in [0.4, 0.5) is 4.79 Å². The Morgan fingerprint density at radius 2 is 2.11 bits per heavy atom. The van der Waals surface area contributed by atoms with Crippen molar-refractivity contribution >= 4 is 6.03 Å². The lowest BCUT2D eigenvalue weighted by atomic mass is 10.5. The summed E-state index contributed by atoms with van der Waals surface area (Å²) in [5, 5.41) is 5.03. The van der Waals surface area contributed by atoms with Crippen LogP contribution in [0.15, 0.2) is 11.8 Å². The van der Waals surface area contributed by atoms with Crippen LogP contribution in [-0.2, 0) is 0 Å². The Morgan fingerprint density at radius 3 is 2.44 bits per heavy atom. The molecule has 2 amide bonds. The first-order valence-electron chi connectivity index (χ1n) is 2.82. The summed E-state index contributed by atoms with van der Waals surface area (Å²) in [6.07, 6.45) is 1.83. The highest BCUT2D eigenvalue weighted by Crippen LogP contribution is 1.82. The van der Waals surface area contributed by atoms with E-state index >= 15 is 0 Å². The van der Waals surface area contributed by atoms with Gasteiger partial charge in [0.15, 0.2) is 0 Å². The maximum absolute atomic E-state index is 10.5. The van der Waals surface area contributed by atoms with Crippen LogP contribution in [0.2, 0.25) is 0 Å². The predicted octanol–water partition coefficient (Wildman–Crippen LogP) is 0.839. The van der Waals surface area contributed by atoms with Crippen LogP contribution in [0.25, 0.3) is 0 Å². The van der Waals surface area contributed by atoms with Crippen molar-refractivity contribution in [2.45, 2.75) is 13.8 Å². The van der Waals surface area contributed by atoms with Crippen LogP contribution in [0, 0.1) is 0 Å². The quantitative estimate of drug-likeness (QED) is 0.539. The normalized spacial score (nSPS) is 10.8. The molecule has 0 fully saturated rings. The molecular formula is C6H12N2O. The van der Waals surface area contributed by atoms with Crippen molar-refractivity contribution in [3.05, 3.63) is 11.8 Å². The molecule has 0 radical (unpaired) electrons. The lowest BCUT2D eigenvalue weighted by molar-refractivity contribution is 0.245. The van der Waals surface area contributed by atoms with Gasteiger partial charge in [0.2, 0.25) is 0 Å². The topological polar surface area (TPSA) is 41.1 Å². The van der Waals surface area contributed by atoms with Gasteiger partial charge in [-0.2, -0.15) is 0 Å². The second-order valence-corrected chi connectivity index (χ2v) is 1.68. The Morgan fingerprint density at radius 1 is 1.56 bits per heavy atom. The number of hydrogen-bond acceptors (Lipinski definition) is 1. The van der Waals surface area contributed by atoms with Crippen molar-refractivity contribution in [1.29, 1.82) is 0 Å². The van der Waals surface area contributed by atoms with Gasteiger partial charge >= 0.3 is 6.03 Å². The van der Waals surface area contributed by atoms with Crippen LogP contribution in [0.5, 0.6) is 0 Å². The molecule has 0 aliphatic heterocycles. The number of rotatable bonds is 1. The maximum Gasteiger partial charge on any atom is 0.318 e. The van der Waals surface area contributed by atoms with Gasteiger partial charge in [0.1, 0.15) is 0 Å². The minimum atomic E-state index is -0.175. The molecule has 3 heteroatoms. The van der Waals surface area contributed by atoms with E-state index in [-0.39, 0.29) is 6.03 Å². The van der Waals surface area contributed by atoms with Gasteiger partial charge in [0, 0.05) is 12.7 Å². The highest BCUT2D eigenvalue weighted by molar-refractivity contribution is 5.75. The molecule has 0 heterocycles. The van der Waals surface area contributed by atoms with E-state index in [2.05, 4.69) is 10.6 Å². The number of carbonyl (C=O) groups excluding carboxylic acids is 1. The van der Waals surface area contributed by atoms with Crippen molar-refractivity contribution in [2.24, 2.45) is 0 Å². The van der Waals surface area contributed by atoms with Crippen molar-refractivity contribution < 1.29 is 4.79 Å². The summed E-state index contributed by atoms with van der Waals surface area (Å²) in [6, 6.07) is -0.175. The van der Waals surface area contributed by atoms with Crippen molar-refractivity contribution in [2.75, 3.05) is 7.05 Å². The Hall–Kier alpha value is -0.990. The van der Waals surface area contributed by atoms with Crippen LogP contribution >= 0.6 is 0 Å². The molecule has 0 saturated heterocycles. The molecule has 0 aliphatic rings. The Labute approximate surface area is 55.1 Å². The number of amides is 2. The second-order valence-electron chi connectivity index (χ2n) is 1.68. The van der Waals surface area contributed by atoms with E-state index in [1.807, 2.05) is 19.9 Å². The zero-order valence-corrected chi connectivity index (χ0v) is 5.99. The van der Waals surface area contributed by atoms with Gasteiger partial charge in [-0.1, -0.05) is 6.08 Å². The van der Waals surface area contributed by atoms with Crippen LogP contribution in [0.3, 0.4) is 0 Å². The first-order valence-corrected chi connectivity index (χ1v) is 2.82. The minimum Gasteiger partial charge on any atom is -0.341 e. The summed E-state index contributed by atoms with van der Waals surface area (Å²) in [5.74, 6) is 0. The minimum absolute atomic E-state index is 0.175. The van der Waals surface area contributed by atoms with Crippen LogP contribution in [0.1, 0.15) is 13.8 Å². The Balaban J connectivity index is 3.60. The fourth-order valence-corrected chi connectivity index (χ4v) is 0.314. The van der Waals surface area contributed by atoms with Gasteiger partial charge in [0.25, 0.3) is 0 Å². The molecule has 0 rings (SSSR count). The van der Waals surface area contributed by atoms with Crippen LogP contribution in [-0.4, -0.2) is 13.1 Å².